The monoisotopic (exact) mass is 487 g/mol. The molecule has 0 spiro atoms. The molecule has 176 valence electrons. The smallest absolute Gasteiger partial charge is 0.322 e. The maximum absolute atomic E-state index is 13.0. The van der Waals surface area contributed by atoms with Crippen molar-refractivity contribution in [3.05, 3.63) is 83.9 Å². The molecule has 1 heterocycles. The van der Waals surface area contributed by atoms with Crippen molar-refractivity contribution in [3.8, 4) is 11.1 Å². The number of benzene rings is 3. The minimum Gasteiger partial charge on any atom is -0.322 e. The summed E-state index contributed by atoms with van der Waals surface area (Å²) >= 11 is 0. The summed E-state index contributed by atoms with van der Waals surface area (Å²) in [5.74, 6) is -0.127. The van der Waals surface area contributed by atoms with E-state index in [0.717, 1.165) is 18.6 Å². The van der Waals surface area contributed by atoms with E-state index >= 15 is 0 Å². The van der Waals surface area contributed by atoms with Gasteiger partial charge in [0.25, 0.3) is 15.9 Å². The number of halogens is 3. The number of amides is 1. The van der Waals surface area contributed by atoms with Crippen LogP contribution in [0, 0.1) is 0 Å². The van der Waals surface area contributed by atoms with Crippen molar-refractivity contribution < 1.29 is 26.4 Å². The Balaban J connectivity index is 1.57. The zero-order valence-electron chi connectivity index (χ0n) is 17.8. The first-order chi connectivity index (χ1) is 16.1. The molecule has 6 nitrogen and oxygen atoms in total. The number of aliphatic imine (C=N–C) groups is 1. The number of amidine groups is 1. The van der Waals surface area contributed by atoms with E-state index in [1.165, 1.54) is 30.3 Å². The van der Waals surface area contributed by atoms with Crippen molar-refractivity contribution in [1.29, 1.82) is 0 Å². The van der Waals surface area contributed by atoms with Crippen LogP contribution in [0.2, 0.25) is 0 Å². The van der Waals surface area contributed by atoms with Crippen LogP contribution in [0.25, 0.3) is 11.1 Å². The van der Waals surface area contributed by atoms with Crippen LogP contribution in [0.3, 0.4) is 0 Å². The number of nitrogens with one attached hydrogen (secondary N) is 2. The van der Waals surface area contributed by atoms with Gasteiger partial charge in [-0.05, 0) is 53.9 Å². The van der Waals surface area contributed by atoms with Crippen molar-refractivity contribution in [2.75, 3.05) is 11.9 Å². The lowest BCUT2D eigenvalue weighted by Gasteiger charge is -2.13. The highest BCUT2D eigenvalue weighted by Gasteiger charge is 2.30. The summed E-state index contributed by atoms with van der Waals surface area (Å²) in [6.45, 7) is 0.576. The molecule has 1 aliphatic rings. The number of anilines is 1. The maximum atomic E-state index is 13.0. The van der Waals surface area contributed by atoms with Gasteiger partial charge in [-0.2, -0.15) is 13.2 Å². The Morgan fingerprint density at radius 3 is 2.35 bits per heavy atom. The molecule has 0 saturated carbocycles. The van der Waals surface area contributed by atoms with Gasteiger partial charge in [-0.25, -0.2) is 8.42 Å². The summed E-state index contributed by atoms with van der Waals surface area (Å²) in [7, 11) is -3.86. The van der Waals surface area contributed by atoms with E-state index in [1.807, 2.05) is 0 Å². The highest BCUT2D eigenvalue weighted by Crippen LogP contribution is 2.32. The Kier molecular flexibility index (Phi) is 6.43. The fraction of sp³-hybridized carbons (Fsp3) is 0.167. The Morgan fingerprint density at radius 2 is 1.68 bits per heavy atom. The number of rotatable bonds is 5. The molecule has 4 rings (SSSR count). The van der Waals surface area contributed by atoms with Crippen molar-refractivity contribution in [2.45, 2.75) is 23.9 Å². The Hall–Kier alpha value is -3.66. The Bertz CT molecular complexity index is 1350. The van der Waals surface area contributed by atoms with Gasteiger partial charge >= 0.3 is 6.18 Å². The minimum atomic E-state index is -4.46. The molecule has 0 radical (unpaired) electrons. The Morgan fingerprint density at radius 1 is 0.941 bits per heavy atom. The highest BCUT2D eigenvalue weighted by atomic mass is 32.2. The average Bonchev–Trinajstić information content (AvgIpc) is 3.31. The van der Waals surface area contributed by atoms with E-state index in [1.54, 1.807) is 30.3 Å². The van der Waals surface area contributed by atoms with E-state index in [9.17, 15) is 26.4 Å². The summed E-state index contributed by atoms with van der Waals surface area (Å²) in [5.41, 5.74) is 0.584. The quantitative estimate of drug-likeness (QED) is 0.525. The molecule has 0 saturated heterocycles. The molecule has 0 bridgehead atoms. The van der Waals surface area contributed by atoms with E-state index in [0.29, 0.717) is 29.9 Å². The maximum Gasteiger partial charge on any atom is 0.416 e. The Labute approximate surface area is 194 Å². The molecule has 10 heteroatoms. The van der Waals surface area contributed by atoms with Crippen LogP contribution in [0.1, 0.15) is 28.8 Å². The molecular weight excluding hydrogens is 467 g/mol. The first-order valence-corrected chi connectivity index (χ1v) is 11.9. The van der Waals surface area contributed by atoms with Crippen molar-refractivity contribution >= 4 is 27.5 Å². The molecular formula is C24H20F3N3O3S. The number of sulfonamides is 1. The minimum absolute atomic E-state index is 0.0316. The second kappa shape index (κ2) is 9.30. The number of hydrogen-bond acceptors (Lipinski definition) is 4. The van der Waals surface area contributed by atoms with Gasteiger partial charge in [0, 0.05) is 24.2 Å². The van der Waals surface area contributed by atoms with Crippen LogP contribution in [-0.2, 0) is 16.2 Å². The van der Waals surface area contributed by atoms with Gasteiger partial charge in [-0.15, -0.1) is 0 Å². The number of alkyl halides is 3. The molecule has 3 aromatic rings. The number of carbonyl (C=O) groups is 1. The lowest BCUT2D eigenvalue weighted by molar-refractivity contribution is -0.137. The van der Waals surface area contributed by atoms with Gasteiger partial charge in [0.1, 0.15) is 5.84 Å². The lowest BCUT2D eigenvalue weighted by atomic mass is 9.98. The number of hydrogen-bond donors (Lipinski definition) is 2. The third-order valence-electron chi connectivity index (χ3n) is 5.22. The summed E-state index contributed by atoms with van der Waals surface area (Å²) in [5, 5.41) is 2.67. The van der Waals surface area contributed by atoms with E-state index in [4.69, 9.17) is 0 Å². The SMILES string of the molecule is O=C(Nc1cccc(S(=O)(=O)NC2=NCCC2)c1)c1ccccc1-c1ccc(C(F)(F)F)cc1. The van der Waals surface area contributed by atoms with E-state index < -0.39 is 27.7 Å². The zero-order valence-corrected chi connectivity index (χ0v) is 18.6. The fourth-order valence-corrected chi connectivity index (χ4v) is 4.68. The van der Waals surface area contributed by atoms with E-state index in [2.05, 4.69) is 15.0 Å². The molecule has 0 aromatic heterocycles. The predicted octanol–water partition coefficient (Wildman–Crippen LogP) is 5.10. The molecule has 0 atom stereocenters. The van der Waals surface area contributed by atoms with Crippen LogP contribution in [0.4, 0.5) is 18.9 Å². The normalized spacial score (nSPS) is 13.9. The number of nitrogens with zero attached hydrogens (tertiary/aromatic N) is 1. The molecule has 0 aliphatic carbocycles. The van der Waals surface area contributed by atoms with Gasteiger partial charge in [-0.1, -0.05) is 36.4 Å². The molecule has 2 N–H and O–H groups in total. The standard InChI is InChI=1S/C24H20F3N3O3S/c25-24(26,27)17-12-10-16(11-13-17)20-7-1-2-8-21(20)23(31)29-18-5-3-6-19(15-18)34(32,33)30-22-9-4-14-28-22/h1-3,5-8,10-13,15H,4,9,14H2,(H,28,30)(H,29,31). The van der Waals surface area contributed by atoms with Gasteiger partial charge in [-0.3, -0.25) is 14.5 Å². The fourth-order valence-electron chi connectivity index (χ4n) is 3.55. The topological polar surface area (TPSA) is 87.6 Å². The first-order valence-electron chi connectivity index (χ1n) is 10.4. The van der Waals surface area contributed by atoms with Gasteiger partial charge < -0.3 is 5.32 Å². The van der Waals surface area contributed by atoms with Gasteiger partial charge in [0.05, 0.1) is 10.5 Å². The lowest BCUT2D eigenvalue weighted by Crippen LogP contribution is -2.29. The summed E-state index contributed by atoms with van der Waals surface area (Å²) in [6.07, 6.45) is -3.12. The summed E-state index contributed by atoms with van der Waals surface area (Å²) < 4.78 is 66.4. The highest BCUT2D eigenvalue weighted by molar-refractivity contribution is 7.90. The third kappa shape index (κ3) is 5.28. The summed E-state index contributed by atoms with van der Waals surface area (Å²) in [4.78, 5) is 17.1. The third-order valence-corrected chi connectivity index (χ3v) is 6.60. The van der Waals surface area contributed by atoms with Gasteiger partial charge in [0.2, 0.25) is 0 Å². The van der Waals surface area contributed by atoms with Crippen LogP contribution in [0.15, 0.2) is 82.7 Å². The average molecular weight is 488 g/mol. The second-order valence-corrected chi connectivity index (χ2v) is 9.32. The molecule has 3 aromatic carbocycles. The molecule has 34 heavy (non-hydrogen) atoms. The van der Waals surface area contributed by atoms with Crippen molar-refractivity contribution in [2.24, 2.45) is 4.99 Å². The van der Waals surface area contributed by atoms with Crippen LogP contribution >= 0.6 is 0 Å². The molecule has 1 aliphatic heterocycles. The molecule has 0 fully saturated rings. The van der Waals surface area contributed by atoms with Gasteiger partial charge in [0.15, 0.2) is 0 Å². The molecule has 1 amide bonds. The van der Waals surface area contributed by atoms with Crippen molar-refractivity contribution in [3.63, 3.8) is 0 Å². The zero-order chi connectivity index (χ0) is 24.3. The van der Waals surface area contributed by atoms with Crippen LogP contribution < -0.4 is 10.0 Å². The van der Waals surface area contributed by atoms with Crippen LogP contribution in [0.5, 0.6) is 0 Å². The van der Waals surface area contributed by atoms with E-state index in [-0.39, 0.29) is 16.1 Å². The van der Waals surface area contributed by atoms with Crippen LogP contribution in [-0.4, -0.2) is 26.7 Å². The second-order valence-electron chi connectivity index (χ2n) is 7.64. The predicted molar refractivity (Wildman–Crippen MR) is 123 cm³/mol. The summed E-state index contributed by atoms with van der Waals surface area (Å²) in [6, 6.07) is 16.8. The largest absolute Gasteiger partial charge is 0.416 e. The number of carbonyl (C=O) groups excluding carboxylic acids is 1. The van der Waals surface area contributed by atoms with Crippen molar-refractivity contribution in [1.82, 2.24) is 4.72 Å². The molecule has 0 unspecified atom stereocenters. The first kappa shape index (κ1) is 23.5.